The predicted molar refractivity (Wildman–Crippen MR) is 68.6 cm³/mol. The van der Waals surface area contributed by atoms with Crippen molar-refractivity contribution < 1.29 is 4.74 Å². The summed E-state index contributed by atoms with van der Waals surface area (Å²) in [5, 5.41) is 0. The van der Waals surface area contributed by atoms with Crippen LogP contribution in [0.15, 0.2) is 24.3 Å². The van der Waals surface area contributed by atoms with Gasteiger partial charge in [-0.1, -0.05) is 0 Å². The fraction of sp³-hybridized carbons (Fsp3) is 0.500. The molecule has 0 saturated heterocycles. The maximum absolute atomic E-state index is 5.56. The van der Waals surface area contributed by atoms with Gasteiger partial charge in [0.05, 0.1) is 0 Å². The Labute approximate surface area is 96.7 Å². The molecule has 15 heavy (non-hydrogen) atoms. The van der Waals surface area contributed by atoms with Gasteiger partial charge in [-0.25, -0.2) is 0 Å². The molecule has 0 aliphatic rings. The van der Waals surface area contributed by atoms with Crippen LogP contribution in [0.2, 0.25) is 14.8 Å². The summed E-state index contributed by atoms with van der Waals surface area (Å²) in [5.74, 6) is 0.961. The molecule has 2 nitrogen and oxygen atoms in total. The summed E-state index contributed by atoms with van der Waals surface area (Å²) >= 11 is -1.87. The Kier molecular flexibility index (Phi) is 4.93. The van der Waals surface area contributed by atoms with Crippen molar-refractivity contribution in [2.75, 3.05) is 13.2 Å². The summed E-state index contributed by atoms with van der Waals surface area (Å²) in [5.41, 5.74) is 5.40. The van der Waals surface area contributed by atoms with E-state index in [1.807, 2.05) is 0 Å². The zero-order valence-electron chi connectivity index (χ0n) is 9.92. The Balaban J connectivity index is 2.57. The number of hydrogen-bond donors (Lipinski definition) is 1. The van der Waals surface area contributed by atoms with E-state index in [0.717, 1.165) is 12.2 Å². The topological polar surface area (TPSA) is 35.2 Å². The van der Waals surface area contributed by atoms with Crippen molar-refractivity contribution in [1.29, 1.82) is 0 Å². The standard InChI is InChI=1S/C9H12NO.3CH3.Sn/c10-7-4-8-11-9-5-2-1-3-6-9;;;;/h2-3,5-6H,4,7-8,10H2;3*1H3;. The second-order valence-electron chi connectivity index (χ2n) is 4.77. The number of benzene rings is 1. The molecule has 3 heteroatoms. The molecule has 0 spiro atoms. The van der Waals surface area contributed by atoms with Crippen molar-refractivity contribution >= 4 is 22.0 Å². The molecule has 2 N–H and O–H groups in total. The van der Waals surface area contributed by atoms with Gasteiger partial charge in [0.25, 0.3) is 0 Å². The molecule has 0 aromatic heterocycles. The Morgan fingerprint density at radius 3 is 2.20 bits per heavy atom. The average molecular weight is 314 g/mol. The van der Waals surface area contributed by atoms with Gasteiger partial charge in [0.1, 0.15) is 0 Å². The first-order chi connectivity index (χ1) is 7.04. The van der Waals surface area contributed by atoms with E-state index in [1.54, 1.807) is 0 Å². The average Bonchev–Trinajstić information content (AvgIpc) is 2.18. The van der Waals surface area contributed by atoms with Gasteiger partial charge < -0.3 is 0 Å². The molecular weight excluding hydrogens is 293 g/mol. The minimum atomic E-state index is -1.87. The number of hydrogen-bond acceptors (Lipinski definition) is 2. The van der Waals surface area contributed by atoms with Crippen molar-refractivity contribution in [3.05, 3.63) is 24.3 Å². The SMILES string of the molecule is [CH3][Sn]([CH3])([CH3])[c]1ccc(OCCCN)cc1. The van der Waals surface area contributed by atoms with E-state index < -0.39 is 18.4 Å². The first-order valence-corrected chi connectivity index (χ1v) is 15.5. The molecule has 1 aromatic rings. The molecule has 0 aliphatic carbocycles. The normalized spacial score (nSPS) is 11.5. The zero-order chi connectivity index (χ0) is 11.3. The Bertz CT molecular complexity index is 289. The summed E-state index contributed by atoms with van der Waals surface area (Å²) in [6, 6.07) is 8.59. The molecule has 1 rings (SSSR count). The molecule has 0 saturated carbocycles. The van der Waals surface area contributed by atoms with Crippen LogP contribution < -0.4 is 14.0 Å². The van der Waals surface area contributed by atoms with Crippen LogP contribution in [0, 0.1) is 0 Å². The fourth-order valence-electron chi connectivity index (χ4n) is 1.32. The Morgan fingerprint density at radius 1 is 1.13 bits per heavy atom. The van der Waals surface area contributed by atoms with Crippen LogP contribution in [0.5, 0.6) is 5.75 Å². The van der Waals surface area contributed by atoms with Crippen LogP contribution in [-0.2, 0) is 0 Å². The first-order valence-electron chi connectivity index (χ1n) is 5.47. The summed E-state index contributed by atoms with van der Waals surface area (Å²) in [6.45, 7) is 1.41. The van der Waals surface area contributed by atoms with Crippen molar-refractivity contribution in [2.24, 2.45) is 5.73 Å². The molecule has 0 amide bonds. The Hall–Kier alpha value is -0.221. The number of rotatable bonds is 5. The van der Waals surface area contributed by atoms with Gasteiger partial charge in [0.2, 0.25) is 0 Å². The van der Waals surface area contributed by atoms with Crippen LogP contribution in [0.3, 0.4) is 0 Å². The van der Waals surface area contributed by atoms with Crippen LogP contribution in [0.1, 0.15) is 6.42 Å². The van der Waals surface area contributed by atoms with Crippen molar-refractivity contribution in [1.82, 2.24) is 0 Å². The Morgan fingerprint density at radius 2 is 1.73 bits per heavy atom. The van der Waals surface area contributed by atoms with Gasteiger partial charge >= 0.3 is 96.8 Å². The van der Waals surface area contributed by atoms with Gasteiger partial charge in [-0.05, 0) is 0 Å². The van der Waals surface area contributed by atoms with Crippen LogP contribution in [-0.4, -0.2) is 31.5 Å². The third-order valence-electron chi connectivity index (χ3n) is 2.34. The molecule has 0 fully saturated rings. The molecule has 0 bridgehead atoms. The van der Waals surface area contributed by atoms with E-state index in [2.05, 4.69) is 39.1 Å². The van der Waals surface area contributed by atoms with Crippen molar-refractivity contribution in [2.45, 2.75) is 21.2 Å². The van der Waals surface area contributed by atoms with Gasteiger partial charge in [0, 0.05) is 0 Å². The van der Waals surface area contributed by atoms with E-state index in [9.17, 15) is 0 Å². The second kappa shape index (κ2) is 5.75. The summed E-state index contributed by atoms with van der Waals surface area (Å²) in [4.78, 5) is 7.25. The second-order valence-corrected chi connectivity index (χ2v) is 19.3. The van der Waals surface area contributed by atoms with Gasteiger partial charge in [-0.15, -0.1) is 0 Å². The van der Waals surface area contributed by atoms with Gasteiger partial charge in [0.15, 0.2) is 0 Å². The zero-order valence-corrected chi connectivity index (χ0v) is 12.8. The molecule has 0 atom stereocenters. The molecule has 0 aliphatic heterocycles. The molecule has 1 aromatic carbocycles. The number of nitrogens with two attached hydrogens (primary N) is 1. The van der Waals surface area contributed by atoms with Crippen molar-refractivity contribution in [3.63, 3.8) is 0 Å². The van der Waals surface area contributed by atoms with E-state index in [-0.39, 0.29) is 0 Å². The van der Waals surface area contributed by atoms with Gasteiger partial charge in [-0.3, -0.25) is 0 Å². The van der Waals surface area contributed by atoms with Crippen molar-refractivity contribution in [3.8, 4) is 5.75 Å². The summed E-state index contributed by atoms with van der Waals surface area (Å²) in [6.07, 6.45) is 0.917. The molecule has 0 unspecified atom stereocenters. The number of ether oxygens (including phenoxy) is 1. The van der Waals surface area contributed by atoms with Gasteiger partial charge in [-0.2, -0.15) is 0 Å². The van der Waals surface area contributed by atoms with Crippen LogP contribution in [0.4, 0.5) is 0 Å². The minimum absolute atomic E-state index is 0.691. The third-order valence-corrected chi connectivity index (χ3v) is 8.23. The monoisotopic (exact) mass is 315 g/mol. The van der Waals surface area contributed by atoms with E-state index in [0.29, 0.717) is 13.2 Å². The summed E-state index contributed by atoms with van der Waals surface area (Å²) < 4.78 is 7.09. The summed E-state index contributed by atoms with van der Waals surface area (Å²) in [7, 11) is 0. The molecule has 84 valence electrons. The predicted octanol–water partition coefficient (Wildman–Crippen LogP) is 1.96. The first kappa shape index (κ1) is 12.8. The fourth-order valence-corrected chi connectivity index (χ4v) is 4.65. The van der Waals surface area contributed by atoms with E-state index >= 15 is 0 Å². The van der Waals surface area contributed by atoms with E-state index in [1.165, 1.54) is 3.58 Å². The molecule has 0 radical (unpaired) electrons. The van der Waals surface area contributed by atoms with Crippen LogP contribution >= 0.6 is 0 Å². The molecule has 0 heterocycles. The molecular formula is C12H21NOSn. The third kappa shape index (κ3) is 4.43. The maximum atomic E-state index is 5.56. The van der Waals surface area contributed by atoms with E-state index in [4.69, 9.17) is 10.5 Å². The quantitative estimate of drug-likeness (QED) is 0.666. The van der Waals surface area contributed by atoms with Crippen LogP contribution in [0.25, 0.3) is 0 Å².